The molecule has 1 aliphatic rings. The molecule has 0 saturated carbocycles. The molecule has 2 aromatic carbocycles. The van der Waals surface area contributed by atoms with Crippen molar-refractivity contribution in [1.82, 2.24) is 0 Å². The Morgan fingerprint density at radius 3 is 2.50 bits per heavy atom. The Morgan fingerprint density at radius 2 is 1.77 bits per heavy atom. The number of hydrogen-bond acceptors (Lipinski definition) is 5. The Balaban J connectivity index is 1.82. The average molecular weight is 383 g/mol. The number of benzene rings is 2. The van der Waals surface area contributed by atoms with E-state index in [0.717, 1.165) is 13.0 Å². The van der Waals surface area contributed by atoms with Gasteiger partial charge in [-0.1, -0.05) is 0 Å². The van der Waals surface area contributed by atoms with E-state index in [9.17, 15) is 22.0 Å². The van der Waals surface area contributed by atoms with Crippen molar-refractivity contribution in [2.24, 2.45) is 0 Å². The molecule has 6 nitrogen and oxygen atoms in total. The van der Waals surface area contributed by atoms with E-state index in [1.54, 1.807) is 6.07 Å². The minimum Gasteiger partial charge on any atom is -0.486 e. The molecule has 1 heterocycles. The van der Waals surface area contributed by atoms with Gasteiger partial charge in [-0.05, 0) is 37.3 Å². The fraction of sp³-hybridized carbons (Fsp3) is 0.235. The van der Waals surface area contributed by atoms with Gasteiger partial charge in [-0.3, -0.25) is 4.79 Å². The summed E-state index contributed by atoms with van der Waals surface area (Å²) < 4.78 is 62.7. The van der Waals surface area contributed by atoms with E-state index < -0.39 is 37.5 Å². The number of nitrogens with one attached hydrogen (secondary N) is 1. The average Bonchev–Trinajstić information content (AvgIpc) is 2.62. The van der Waals surface area contributed by atoms with Crippen LogP contribution in [0.5, 0.6) is 11.5 Å². The Morgan fingerprint density at radius 1 is 1.08 bits per heavy atom. The van der Waals surface area contributed by atoms with Crippen LogP contribution in [-0.4, -0.2) is 32.8 Å². The summed E-state index contributed by atoms with van der Waals surface area (Å²) >= 11 is 0. The predicted octanol–water partition coefficient (Wildman–Crippen LogP) is 2.54. The van der Waals surface area contributed by atoms with Crippen LogP contribution in [0.25, 0.3) is 0 Å². The molecule has 9 heteroatoms. The van der Waals surface area contributed by atoms with Crippen molar-refractivity contribution < 1.29 is 31.5 Å². The molecule has 0 unspecified atom stereocenters. The second kappa shape index (κ2) is 6.91. The van der Waals surface area contributed by atoms with Crippen molar-refractivity contribution in [3.8, 4) is 11.5 Å². The van der Waals surface area contributed by atoms with Gasteiger partial charge in [0.05, 0.1) is 0 Å². The molecule has 26 heavy (non-hydrogen) atoms. The first-order valence-corrected chi connectivity index (χ1v) is 9.23. The molecule has 0 aliphatic carbocycles. The zero-order chi connectivity index (χ0) is 18.9. The number of anilines is 1. The standard InChI is InChI=1S/C17H15F2NO5S/c1-10(26(22,23)16-8-11(18)2-4-13(16)19)17(21)20-12-3-5-14-15(9-12)25-7-6-24-14/h2-5,8-10H,6-7H2,1H3,(H,20,21)/t10-/m0/s1. The summed E-state index contributed by atoms with van der Waals surface area (Å²) in [5.74, 6) is -1.99. The number of carbonyl (C=O) groups is 1. The second-order valence-corrected chi connectivity index (χ2v) is 7.85. The van der Waals surface area contributed by atoms with Gasteiger partial charge in [-0.25, -0.2) is 17.2 Å². The molecule has 0 radical (unpaired) electrons. The molecule has 138 valence electrons. The number of amides is 1. The lowest BCUT2D eigenvalue weighted by Crippen LogP contribution is -2.33. The monoisotopic (exact) mass is 383 g/mol. The summed E-state index contributed by atoms with van der Waals surface area (Å²) in [4.78, 5) is 11.5. The lowest BCUT2D eigenvalue weighted by molar-refractivity contribution is -0.115. The maximum Gasteiger partial charge on any atom is 0.242 e. The largest absolute Gasteiger partial charge is 0.486 e. The van der Waals surface area contributed by atoms with Crippen LogP contribution < -0.4 is 14.8 Å². The van der Waals surface area contributed by atoms with E-state index >= 15 is 0 Å². The SMILES string of the molecule is C[C@@H](C(=O)Nc1ccc2c(c1)OCCO2)S(=O)(=O)c1cc(F)ccc1F. The van der Waals surface area contributed by atoms with Gasteiger partial charge in [0.15, 0.2) is 21.3 Å². The maximum atomic E-state index is 13.8. The third-order valence-corrected chi connectivity index (χ3v) is 5.92. The molecule has 3 rings (SSSR count). The first kappa shape index (κ1) is 18.1. The van der Waals surface area contributed by atoms with Gasteiger partial charge in [0.2, 0.25) is 5.91 Å². The smallest absolute Gasteiger partial charge is 0.242 e. The Kier molecular flexibility index (Phi) is 4.82. The lowest BCUT2D eigenvalue weighted by Gasteiger charge is -2.19. The van der Waals surface area contributed by atoms with Gasteiger partial charge in [-0.15, -0.1) is 0 Å². The van der Waals surface area contributed by atoms with Crippen LogP contribution in [-0.2, 0) is 14.6 Å². The number of ether oxygens (including phenoxy) is 2. The highest BCUT2D eigenvalue weighted by Crippen LogP contribution is 2.32. The number of rotatable bonds is 4. The van der Waals surface area contributed by atoms with Crippen LogP contribution in [0.2, 0.25) is 0 Å². The van der Waals surface area contributed by atoms with Gasteiger partial charge >= 0.3 is 0 Å². The number of sulfone groups is 1. The summed E-state index contributed by atoms with van der Waals surface area (Å²) in [5, 5.41) is 0.799. The lowest BCUT2D eigenvalue weighted by atomic mass is 10.2. The van der Waals surface area contributed by atoms with Gasteiger partial charge in [0.1, 0.15) is 35.0 Å². The van der Waals surface area contributed by atoms with Crippen molar-refractivity contribution >= 4 is 21.4 Å². The fourth-order valence-corrected chi connectivity index (χ4v) is 3.73. The van der Waals surface area contributed by atoms with Crippen LogP contribution in [0.1, 0.15) is 6.92 Å². The molecule has 2 aromatic rings. The zero-order valence-corrected chi connectivity index (χ0v) is 14.5. The number of halogens is 2. The van der Waals surface area contributed by atoms with Crippen molar-refractivity contribution in [1.29, 1.82) is 0 Å². The number of carbonyl (C=O) groups excluding carboxylic acids is 1. The molecule has 1 amide bonds. The first-order chi connectivity index (χ1) is 12.3. The molecule has 0 aromatic heterocycles. The van der Waals surface area contributed by atoms with Gasteiger partial charge < -0.3 is 14.8 Å². The van der Waals surface area contributed by atoms with Gasteiger partial charge in [-0.2, -0.15) is 0 Å². The van der Waals surface area contributed by atoms with Crippen LogP contribution in [0, 0.1) is 11.6 Å². The van der Waals surface area contributed by atoms with Crippen LogP contribution in [0.15, 0.2) is 41.3 Å². The summed E-state index contributed by atoms with van der Waals surface area (Å²) in [6, 6.07) is 6.65. The van der Waals surface area contributed by atoms with E-state index in [1.165, 1.54) is 12.1 Å². The highest BCUT2D eigenvalue weighted by Gasteiger charge is 2.32. The molecular weight excluding hydrogens is 368 g/mol. The Hall–Kier alpha value is -2.68. The van der Waals surface area contributed by atoms with E-state index in [4.69, 9.17) is 9.47 Å². The fourth-order valence-electron chi connectivity index (χ4n) is 2.39. The molecule has 1 N–H and O–H groups in total. The van der Waals surface area contributed by atoms with E-state index in [1.807, 2.05) is 0 Å². The minimum absolute atomic E-state index is 0.293. The highest BCUT2D eigenvalue weighted by atomic mass is 32.2. The third-order valence-electron chi connectivity index (χ3n) is 3.84. The van der Waals surface area contributed by atoms with Crippen molar-refractivity contribution in [3.05, 3.63) is 48.0 Å². The van der Waals surface area contributed by atoms with Gasteiger partial charge in [0.25, 0.3) is 0 Å². The minimum atomic E-state index is -4.41. The molecule has 0 bridgehead atoms. The Bertz CT molecular complexity index is 962. The normalized spacial score (nSPS) is 14.6. The third kappa shape index (κ3) is 3.48. The maximum absolute atomic E-state index is 13.8. The first-order valence-electron chi connectivity index (χ1n) is 7.68. The van der Waals surface area contributed by atoms with Crippen LogP contribution >= 0.6 is 0 Å². The quantitative estimate of drug-likeness (QED) is 0.878. The van der Waals surface area contributed by atoms with Crippen LogP contribution in [0.4, 0.5) is 14.5 Å². The van der Waals surface area contributed by atoms with Crippen molar-refractivity contribution in [3.63, 3.8) is 0 Å². The Labute approximate surface area is 148 Å². The molecule has 0 spiro atoms. The van der Waals surface area contributed by atoms with E-state index in [2.05, 4.69) is 5.32 Å². The molecule has 0 fully saturated rings. The van der Waals surface area contributed by atoms with E-state index in [0.29, 0.717) is 42.5 Å². The van der Waals surface area contributed by atoms with Crippen LogP contribution in [0.3, 0.4) is 0 Å². The summed E-state index contributed by atoms with van der Waals surface area (Å²) in [7, 11) is -4.41. The summed E-state index contributed by atoms with van der Waals surface area (Å²) in [6.45, 7) is 1.87. The summed E-state index contributed by atoms with van der Waals surface area (Å²) in [5.41, 5.74) is 0.293. The number of fused-ring (bicyclic) bond motifs is 1. The topological polar surface area (TPSA) is 81.7 Å². The second-order valence-electron chi connectivity index (χ2n) is 5.61. The van der Waals surface area contributed by atoms with Gasteiger partial charge in [0, 0.05) is 11.8 Å². The molecular formula is C17H15F2NO5S. The summed E-state index contributed by atoms with van der Waals surface area (Å²) in [6.07, 6.45) is 0. The molecule has 1 atom stereocenters. The van der Waals surface area contributed by atoms with Crippen molar-refractivity contribution in [2.45, 2.75) is 17.1 Å². The van der Waals surface area contributed by atoms with E-state index in [-0.39, 0.29) is 0 Å². The zero-order valence-electron chi connectivity index (χ0n) is 13.7. The molecule has 0 saturated heterocycles. The molecule has 1 aliphatic heterocycles. The number of hydrogen-bond donors (Lipinski definition) is 1. The van der Waals surface area contributed by atoms with Crippen molar-refractivity contribution in [2.75, 3.05) is 18.5 Å². The highest BCUT2D eigenvalue weighted by molar-refractivity contribution is 7.92. The predicted molar refractivity (Wildman–Crippen MR) is 89.1 cm³/mol.